The quantitative estimate of drug-likeness (QED) is 0.781. The Hall–Kier alpha value is -1.59. The van der Waals surface area contributed by atoms with Crippen LogP contribution >= 0.6 is 12.4 Å². The Morgan fingerprint density at radius 2 is 1.67 bits per heavy atom. The summed E-state index contributed by atoms with van der Waals surface area (Å²) in [5.41, 5.74) is 1.78. The second-order valence-corrected chi connectivity index (χ2v) is 7.69. The van der Waals surface area contributed by atoms with E-state index in [1.165, 1.54) is 12.8 Å². The molecule has 3 rings (SSSR count). The molecule has 1 aromatic rings. The predicted octanol–water partition coefficient (Wildman–Crippen LogP) is 2.99. The van der Waals surface area contributed by atoms with Crippen molar-refractivity contribution < 1.29 is 9.59 Å². The Bertz CT molecular complexity index is 606. The SMILES string of the molecule is CNCC1CCN(C(=O)c2ccc(CNC(=O)C3CCCC3)cc2)CC1.Cl. The molecule has 0 unspecified atom stereocenters. The zero-order valence-electron chi connectivity index (χ0n) is 16.2. The predicted molar refractivity (Wildman–Crippen MR) is 110 cm³/mol. The van der Waals surface area contributed by atoms with Crippen LogP contribution in [0.3, 0.4) is 0 Å². The Morgan fingerprint density at radius 3 is 2.26 bits per heavy atom. The van der Waals surface area contributed by atoms with Gasteiger partial charge in [-0.2, -0.15) is 0 Å². The first-order valence-electron chi connectivity index (χ1n) is 9.98. The van der Waals surface area contributed by atoms with Crippen LogP contribution in [-0.2, 0) is 11.3 Å². The molecule has 1 heterocycles. The summed E-state index contributed by atoms with van der Waals surface area (Å²) >= 11 is 0. The largest absolute Gasteiger partial charge is 0.352 e. The van der Waals surface area contributed by atoms with Crippen molar-refractivity contribution in [1.29, 1.82) is 0 Å². The summed E-state index contributed by atoms with van der Waals surface area (Å²) in [6, 6.07) is 7.68. The lowest BCUT2D eigenvalue weighted by Gasteiger charge is -2.32. The highest BCUT2D eigenvalue weighted by Crippen LogP contribution is 2.24. The molecule has 0 radical (unpaired) electrons. The van der Waals surface area contributed by atoms with Crippen molar-refractivity contribution in [3.8, 4) is 0 Å². The first-order valence-corrected chi connectivity index (χ1v) is 9.98. The van der Waals surface area contributed by atoms with Crippen LogP contribution in [0.15, 0.2) is 24.3 Å². The van der Waals surface area contributed by atoms with Gasteiger partial charge in [-0.3, -0.25) is 9.59 Å². The van der Waals surface area contributed by atoms with Crippen LogP contribution in [0.2, 0.25) is 0 Å². The number of piperidine rings is 1. The molecule has 6 heteroatoms. The minimum atomic E-state index is 0. The van der Waals surface area contributed by atoms with Crippen molar-refractivity contribution in [2.75, 3.05) is 26.7 Å². The number of likely N-dealkylation sites (tertiary alicyclic amines) is 1. The molecule has 1 aromatic carbocycles. The van der Waals surface area contributed by atoms with Gasteiger partial charge in [0.1, 0.15) is 0 Å². The smallest absolute Gasteiger partial charge is 0.253 e. The summed E-state index contributed by atoms with van der Waals surface area (Å²) < 4.78 is 0. The zero-order valence-corrected chi connectivity index (χ0v) is 17.0. The molecule has 2 fully saturated rings. The third kappa shape index (κ3) is 5.94. The fourth-order valence-corrected chi connectivity index (χ4v) is 4.10. The Morgan fingerprint density at radius 1 is 1.04 bits per heavy atom. The van der Waals surface area contributed by atoms with E-state index in [-0.39, 0.29) is 30.1 Å². The normalized spacial score (nSPS) is 18.2. The molecule has 1 aliphatic heterocycles. The van der Waals surface area contributed by atoms with Gasteiger partial charge in [-0.25, -0.2) is 0 Å². The molecule has 0 bridgehead atoms. The minimum absolute atomic E-state index is 0. The average molecular weight is 394 g/mol. The van der Waals surface area contributed by atoms with Crippen molar-refractivity contribution >= 4 is 24.2 Å². The molecule has 1 aliphatic carbocycles. The maximum atomic E-state index is 12.7. The molecule has 1 saturated carbocycles. The van der Waals surface area contributed by atoms with E-state index in [9.17, 15) is 9.59 Å². The minimum Gasteiger partial charge on any atom is -0.352 e. The Balaban J connectivity index is 0.00000261. The van der Waals surface area contributed by atoms with Crippen LogP contribution in [0, 0.1) is 11.8 Å². The maximum absolute atomic E-state index is 12.7. The van der Waals surface area contributed by atoms with Crippen molar-refractivity contribution in [3.05, 3.63) is 35.4 Å². The zero-order chi connectivity index (χ0) is 18.4. The van der Waals surface area contributed by atoms with E-state index in [4.69, 9.17) is 0 Å². The van der Waals surface area contributed by atoms with Crippen LogP contribution in [0.25, 0.3) is 0 Å². The lowest BCUT2D eigenvalue weighted by atomic mass is 9.96. The van der Waals surface area contributed by atoms with Crippen LogP contribution in [0.4, 0.5) is 0 Å². The molecule has 5 nitrogen and oxygen atoms in total. The highest BCUT2D eigenvalue weighted by atomic mass is 35.5. The summed E-state index contributed by atoms with van der Waals surface area (Å²) in [6.07, 6.45) is 6.51. The van der Waals surface area contributed by atoms with E-state index in [1.807, 2.05) is 36.2 Å². The van der Waals surface area contributed by atoms with Gasteiger partial charge < -0.3 is 15.5 Å². The lowest BCUT2D eigenvalue weighted by molar-refractivity contribution is -0.124. The number of nitrogens with one attached hydrogen (secondary N) is 2. The highest BCUT2D eigenvalue weighted by molar-refractivity contribution is 5.94. The van der Waals surface area contributed by atoms with E-state index in [1.54, 1.807) is 0 Å². The van der Waals surface area contributed by atoms with Gasteiger partial charge in [-0.05, 0) is 62.9 Å². The summed E-state index contributed by atoms with van der Waals surface area (Å²) in [5.74, 6) is 1.16. The highest BCUT2D eigenvalue weighted by Gasteiger charge is 2.24. The van der Waals surface area contributed by atoms with Crippen LogP contribution in [0.5, 0.6) is 0 Å². The van der Waals surface area contributed by atoms with Gasteiger partial charge in [-0.1, -0.05) is 25.0 Å². The van der Waals surface area contributed by atoms with Crippen molar-refractivity contribution in [3.63, 3.8) is 0 Å². The number of hydrogen-bond acceptors (Lipinski definition) is 3. The number of rotatable bonds is 6. The van der Waals surface area contributed by atoms with Crippen molar-refractivity contribution in [2.24, 2.45) is 11.8 Å². The molecule has 2 aliphatic rings. The topological polar surface area (TPSA) is 61.4 Å². The number of carbonyl (C=O) groups is 2. The maximum Gasteiger partial charge on any atom is 0.253 e. The van der Waals surface area contributed by atoms with Gasteiger partial charge >= 0.3 is 0 Å². The second-order valence-electron chi connectivity index (χ2n) is 7.69. The van der Waals surface area contributed by atoms with E-state index in [2.05, 4.69) is 10.6 Å². The number of amides is 2. The third-order valence-corrected chi connectivity index (χ3v) is 5.79. The van der Waals surface area contributed by atoms with E-state index >= 15 is 0 Å². The van der Waals surface area contributed by atoms with Crippen LogP contribution in [0.1, 0.15) is 54.4 Å². The van der Waals surface area contributed by atoms with Crippen molar-refractivity contribution in [2.45, 2.75) is 45.1 Å². The number of halogens is 1. The lowest BCUT2D eigenvalue weighted by Crippen LogP contribution is -2.40. The first kappa shape index (κ1) is 21.7. The van der Waals surface area contributed by atoms with Crippen LogP contribution < -0.4 is 10.6 Å². The van der Waals surface area contributed by atoms with Gasteiger partial charge in [0.05, 0.1) is 0 Å². The molecular weight excluding hydrogens is 362 g/mol. The fourth-order valence-electron chi connectivity index (χ4n) is 4.10. The summed E-state index contributed by atoms with van der Waals surface area (Å²) in [5, 5.41) is 6.25. The van der Waals surface area contributed by atoms with Gasteiger partial charge in [0.25, 0.3) is 5.91 Å². The number of carbonyl (C=O) groups excluding carboxylic acids is 2. The Labute approximate surface area is 168 Å². The number of nitrogens with zero attached hydrogens (tertiary/aromatic N) is 1. The standard InChI is InChI=1S/C21H31N3O2.ClH/c1-22-14-17-10-12-24(13-11-17)21(26)19-8-6-16(7-9-19)15-23-20(25)18-4-2-3-5-18;/h6-9,17-18,22H,2-5,10-15H2,1H3,(H,23,25);1H. The van der Waals surface area contributed by atoms with Gasteiger partial charge in [0.15, 0.2) is 0 Å². The van der Waals surface area contributed by atoms with Crippen molar-refractivity contribution in [1.82, 2.24) is 15.5 Å². The monoisotopic (exact) mass is 393 g/mol. The third-order valence-electron chi connectivity index (χ3n) is 5.79. The molecule has 2 N–H and O–H groups in total. The van der Waals surface area contributed by atoms with E-state index in [0.717, 1.165) is 56.4 Å². The van der Waals surface area contributed by atoms with E-state index in [0.29, 0.717) is 12.5 Å². The van der Waals surface area contributed by atoms with Gasteiger partial charge in [0.2, 0.25) is 5.91 Å². The van der Waals surface area contributed by atoms with Gasteiger partial charge in [0, 0.05) is 31.1 Å². The Kier molecular flexibility index (Phi) is 8.58. The summed E-state index contributed by atoms with van der Waals surface area (Å²) in [4.78, 5) is 26.7. The molecule has 27 heavy (non-hydrogen) atoms. The average Bonchev–Trinajstić information content (AvgIpc) is 3.22. The first-order chi connectivity index (χ1) is 12.7. The summed E-state index contributed by atoms with van der Waals surface area (Å²) in [7, 11) is 1.98. The second kappa shape index (κ2) is 10.7. The number of hydrogen-bond donors (Lipinski definition) is 2. The molecule has 2 amide bonds. The van der Waals surface area contributed by atoms with Crippen LogP contribution in [-0.4, -0.2) is 43.4 Å². The van der Waals surface area contributed by atoms with E-state index < -0.39 is 0 Å². The molecule has 0 spiro atoms. The molecule has 0 atom stereocenters. The van der Waals surface area contributed by atoms with Gasteiger partial charge in [-0.15, -0.1) is 12.4 Å². The molecule has 1 saturated heterocycles. The summed E-state index contributed by atoms with van der Waals surface area (Å²) in [6.45, 7) is 3.25. The fraction of sp³-hybridized carbons (Fsp3) is 0.619. The molecule has 0 aromatic heterocycles. The molecular formula is C21H32ClN3O2. The number of benzene rings is 1. The molecule has 150 valence electrons.